The summed E-state index contributed by atoms with van der Waals surface area (Å²) in [4.78, 5) is 38.1. The number of unbranched alkanes of at least 4 members (excludes halogenated alkanes) is 5. The average molecular weight is 1000 g/mol. The van der Waals surface area contributed by atoms with Gasteiger partial charge in [0.1, 0.15) is 13.2 Å². The molecule has 0 spiro atoms. The second-order valence-corrected chi connectivity index (χ2v) is 17.4. The van der Waals surface area contributed by atoms with Gasteiger partial charge in [-0.1, -0.05) is 228 Å². The number of carbonyl (C=O) groups is 3. The van der Waals surface area contributed by atoms with E-state index in [1.807, 2.05) is 6.08 Å². The van der Waals surface area contributed by atoms with Crippen molar-refractivity contribution in [3.05, 3.63) is 194 Å². The summed E-state index contributed by atoms with van der Waals surface area (Å²) >= 11 is 0. The van der Waals surface area contributed by atoms with E-state index in [9.17, 15) is 14.4 Å². The lowest BCUT2D eigenvalue weighted by atomic mass is 10.1. The monoisotopic (exact) mass is 999 g/mol. The standard InChI is InChI=1S/C67H98O6/c1-4-7-10-13-16-19-22-25-28-30-31-32-33-34-35-37-39-42-45-48-51-54-57-60-66(69)72-63-64(62-71-65(68)59-56-53-50-47-44-41-38-27-24-21-18-15-12-9-6-3)73-67(70)61-58-55-52-49-46-43-40-36-29-26-23-20-17-14-11-8-5-2/h7-12,16-21,25-29,31-32,34-35,38-40,42-44,47,49,52-53,56,64H,4-6,13-15,22-24,30,33,36-37,41,45-46,48,50-51,54-55,57-63H2,1-3H3/b10-7-,11-8-,12-9-,19-16-,20-17-,21-18-,28-25-,29-26-,32-31-,35-34-,38-27-,42-39-,43-40-,47-44-,52-49-,56-53-. The molecule has 0 saturated carbocycles. The third-order valence-electron chi connectivity index (χ3n) is 10.6. The zero-order valence-corrected chi connectivity index (χ0v) is 45.8. The van der Waals surface area contributed by atoms with Crippen LogP contribution >= 0.6 is 0 Å². The van der Waals surface area contributed by atoms with Crippen LogP contribution < -0.4 is 0 Å². The normalized spacial score (nSPS) is 13.6. The Kier molecular flexibility index (Phi) is 54.2. The number of allylic oxidation sites excluding steroid dienone is 31. The molecule has 6 nitrogen and oxygen atoms in total. The van der Waals surface area contributed by atoms with Gasteiger partial charge in [0, 0.05) is 12.8 Å². The fraction of sp³-hybridized carbons (Fsp3) is 0.478. The van der Waals surface area contributed by atoms with E-state index in [2.05, 4.69) is 203 Å². The van der Waals surface area contributed by atoms with Gasteiger partial charge >= 0.3 is 17.9 Å². The smallest absolute Gasteiger partial charge is 0.309 e. The maximum absolute atomic E-state index is 12.8. The van der Waals surface area contributed by atoms with Gasteiger partial charge in [-0.05, 0) is 135 Å². The molecule has 73 heavy (non-hydrogen) atoms. The van der Waals surface area contributed by atoms with Crippen molar-refractivity contribution in [1.29, 1.82) is 0 Å². The molecular formula is C67H98O6. The summed E-state index contributed by atoms with van der Waals surface area (Å²) in [7, 11) is 0. The quantitative estimate of drug-likeness (QED) is 0.0262. The minimum Gasteiger partial charge on any atom is -0.462 e. The highest BCUT2D eigenvalue weighted by Crippen LogP contribution is 2.10. The van der Waals surface area contributed by atoms with Crippen molar-refractivity contribution in [3.63, 3.8) is 0 Å². The number of ether oxygens (including phenoxy) is 3. The second kappa shape index (κ2) is 58.8. The summed E-state index contributed by atoms with van der Waals surface area (Å²) in [6.07, 6.45) is 90.2. The van der Waals surface area contributed by atoms with Crippen molar-refractivity contribution in [2.45, 2.75) is 194 Å². The molecule has 0 radical (unpaired) electrons. The van der Waals surface area contributed by atoms with Crippen LogP contribution in [0.5, 0.6) is 0 Å². The Hall–Kier alpha value is -5.75. The van der Waals surface area contributed by atoms with Gasteiger partial charge in [0.15, 0.2) is 6.10 Å². The van der Waals surface area contributed by atoms with E-state index in [1.54, 1.807) is 6.08 Å². The van der Waals surface area contributed by atoms with Gasteiger partial charge in [0.2, 0.25) is 0 Å². The molecule has 0 aliphatic rings. The largest absolute Gasteiger partial charge is 0.462 e. The Morgan fingerprint density at radius 2 is 0.562 bits per heavy atom. The first-order valence-corrected chi connectivity index (χ1v) is 27.9. The molecule has 0 saturated heterocycles. The van der Waals surface area contributed by atoms with E-state index >= 15 is 0 Å². The SMILES string of the molecule is CC/C=C\C/C=C\C/C=C\C/C=C\C/C=C\C/C=C\CCCCCCC(=O)OCC(COC(=O)C/C=C\C/C=C\C/C=C\C/C=C\C/C=C\CC)OC(=O)CCC/C=C\C/C=C\C/C=C\C/C=C\C/C=C\CC. The molecule has 6 heteroatoms. The second-order valence-electron chi connectivity index (χ2n) is 17.4. The van der Waals surface area contributed by atoms with Crippen molar-refractivity contribution in [3.8, 4) is 0 Å². The number of rotatable bonds is 47. The van der Waals surface area contributed by atoms with Crippen molar-refractivity contribution in [2.24, 2.45) is 0 Å². The van der Waals surface area contributed by atoms with Crippen molar-refractivity contribution < 1.29 is 28.6 Å². The van der Waals surface area contributed by atoms with Crippen LogP contribution in [0.25, 0.3) is 0 Å². The lowest BCUT2D eigenvalue weighted by Gasteiger charge is -2.18. The molecule has 0 aromatic heterocycles. The van der Waals surface area contributed by atoms with Crippen LogP contribution in [0.3, 0.4) is 0 Å². The first-order valence-electron chi connectivity index (χ1n) is 27.9. The molecular weight excluding hydrogens is 901 g/mol. The summed E-state index contributed by atoms with van der Waals surface area (Å²) < 4.78 is 16.7. The Labute approximate surface area is 446 Å². The van der Waals surface area contributed by atoms with E-state index in [-0.39, 0.29) is 38.4 Å². The molecule has 0 aromatic rings. The Balaban J connectivity index is 4.65. The first kappa shape index (κ1) is 67.2. The summed E-state index contributed by atoms with van der Waals surface area (Å²) in [5, 5.41) is 0. The Morgan fingerprint density at radius 1 is 0.288 bits per heavy atom. The zero-order chi connectivity index (χ0) is 52.9. The molecule has 402 valence electrons. The molecule has 0 fully saturated rings. The topological polar surface area (TPSA) is 78.9 Å². The van der Waals surface area contributed by atoms with Crippen LogP contribution in [0.1, 0.15) is 188 Å². The lowest BCUT2D eigenvalue weighted by Crippen LogP contribution is -2.30. The summed E-state index contributed by atoms with van der Waals surface area (Å²) in [6, 6.07) is 0. The molecule has 0 rings (SSSR count). The number of carbonyl (C=O) groups excluding carboxylic acids is 3. The third-order valence-corrected chi connectivity index (χ3v) is 10.6. The van der Waals surface area contributed by atoms with Gasteiger partial charge in [-0.2, -0.15) is 0 Å². The zero-order valence-electron chi connectivity index (χ0n) is 45.8. The van der Waals surface area contributed by atoms with Gasteiger partial charge in [0.25, 0.3) is 0 Å². The molecule has 0 heterocycles. The van der Waals surface area contributed by atoms with Crippen LogP contribution in [0.4, 0.5) is 0 Å². The molecule has 0 amide bonds. The van der Waals surface area contributed by atoms with Crippen LogP contribution in [0.15, 0.2) is 194 Å². The van der Waals surface area contributed by atoms with Crippen LogP contribution in [0.2, 0.25) is 0 Å². The van der Waals surface area contributed by atoms with E-state index in [0.29, 0.717) is 12.8 Å². The van der Waals surface area contributed by atoms with Gasteiger partial charge in [-0.3, -0.25) is 14.4 Å². The maximum Gasteiger partial charge on any atom is 0.309 e. The van der Waals surface area contributed by atoms with E-state index in [1.165, 1.54) is 0 Å². The number of hydrogen-bond donors (Lipinski definition) is 0. The number of esters is 3. The van der Waals surface area contributed by atoms with Crippen LogP contribution in [0, 0.1) is 0 Å². The molecule has 0 aliphatic heterocycles. The minimum absolute atomic E-state index is 0.0985. The third kappa shape index (κ3) is 57.0. The summed E-state index contributed by atoms with van der Waals surface area (Å²) in [6.45, 7) is 6.10. The summed E-state index contributed by atoms with van der Waals surface area (Å²) in [5.41, 5.74) is 0. The predicted molar refractivity (Wildman–Crippen MR) is 315 cm³/mol. The highest BCUT2D eigenvalue weighted by molar-refractivity contribution is 5.72. The average Bonchev–Trinajstić information content (AvgIpc) is 3.39. The minimum atomic E-state index is -0.871. The fourth-order valence-corrected chi connectivity index (χ4v) is 6.55. The molecule has 0 aliphatic carbocycles. The predicted octanol–water partition coefficient (Wildman–Crippen LogP) is 19.1. The molecule has 1 atom stereocenters. The Morgan fingerprint density at radius 3 is 0.918 bits per heavy atom. The van der Waals surface area contributed by atoms with Gasteiger partial charge < -0.3 is 14.2 Å². The molecule has 0 aromatic carbocycles. The highest BCUT2D eigenvalue weighted by atomic mass is 16.6. The van der Waals surface area contributed by atoms with Crippen molar-refractivity contribution in [1.82, 2.24) is 0 Å². The number of hydrogen-bond acceptors (Lipinski definition) is 6. The van der Waals surface area contributed by atoms with E-state index in [4.69, 9.17) is 14.2 Å². The van der Waals surface area contributed by atoms with Crippen LogP contribution in [-0.4, -0.2) is 37.2 Å². The van der Waals surface area contributed by atoms with Crippen LogP contribution in [-0.2, 0) is 28.6 Å². The van der Waals surface area contributed by atoms with E-state index < -0.39 is 18.0 Å². The van der Waals surface area contributed by atoms with Gasteiger partial charge in [-0.15, -0.1) is 0 Å². The van der Waals surface area contributed by atoms with Crippen molar-refractivity contribution >= 4 is 17.9 Å². The summed E-state index contributed by atoms with van der Waals surface area (Å²) in [5.74, 6) is -1.19. The molecule has 1 unspecified atom stereocenters. The molecule has 0 N–H and O–H groups in total. The lowest BCUT2D eigenvalue weighted by molar-refractivity contribution is -0.166. The van der Waals surface area contributed by atoms with E-state index in [0.717, 1.165) is 135 Å². The van der Waals surface area contributed by atoms with Crippen molar-refractivity contribution in [2.75, 3.05) is 13.2 Å². The molecule has 0 bridgehead atoms. The fourth-order valence-electron chi connectivity index (χ4n) is 6.55. The van der Waals surface area contributed by atoms with Gasteiger partial charge in [0.05, 0.1) is 6.42 Å². The first-order chi connectivity index (χ1) is 36.0. The van der Waals surface area contributed by atoms with Gasteiger partial charge in [-0.25, -0.2) is 0 Å². The Bertz CT molecular complexity index is 1810. The highest BCUT2D eigenvalue weighted by Gasteiger charge is 2.19. The maximum atomic E-state index is 12.8.